The summed E-state index contributed by atoms with van der Waals surface area (Å²) in [5.41, 5.74) is 0.827. The first-order chi connectivity index (χ1) is 13.4. The second-order valence-corrected chi connectivity index (χ2v) is 5.87. The summed E-state index contributed by atoms with van der Waals surface area (Å²) >= 11 is 0. The van der Waals surface area contributed by atoms with Crippen molar-refractivity contribution in [3.63, 3.8) is 0 Å². The number of amides is 4. The largest absolute Gasteiger partial charge is 0.504 e. The summed E-state index contributed by atoms with van der Waals surface area (Å²) in [4.78, 5) is 37.3. The van der Waals surface area contributed by atoms with Crippen LogP contribution in [0, 0.1) is 5.82 Å². The highest BCUT2D eigenvalue weighted by Gasteiger charge is 2.34. The second kappa shape index (κ2) is 7.78. The molecule has 0 spiro atoms. The van der Waals surface area contributed by atoms with E-state index in [0.717, 1.165) is 4.90 Å². The molecule has 4 amide bonds. The van der Waals surface area contributed by atoms with Gasteiger partial charge in [0.1, 0.15) is 18.1 Å². The fraction of sp³-hybridized carbons (Fsp3) is 0.105. The highest BCUT2D eigenvalue weighted by Crippen LogP contribution is 2.27. The van der Waals surface area contributed by atoms with Crippen LogP contribution < -0.4 is 15.4 Å². The van der Waals surface area contributed by atoms with Gasteiger partial charge in [0.2, 0.25) is 5.91 Å². The number of methoxy groups -OCH3 is 1. The van der Waals surface area contributed by atoms with Crippen LogP contribution in [0.3, 0.4) is 0 Å². The summed E-state index contributed by atoms with van der Waals surface area (Å²) in [6, 6.07) is 8.76. The summed E-state index contributed by atoms with van der Waals surface area (Å²) in [6.07, 6.45) is 1.40. The molecule has 0 atom stereocenters. The summed E-state index contributed by atoms with van der Waals surface area (Å²) in [5.74, 6) is -1.59. The first-order valence-corrected chi connectivity index (χ1v) is 8.14. The number of rotatable bonds is 5. The van der Waals surface area contributed by atoms with Crippen LogP contribution in [0.5, 0.6) is 11.5 Å². The molecular formula is C19H16FN3O5. The molecule has 1 saturated heterocycles. The fourth-order valence-electron chi connectivity index (χ4n) is 2.54. The lowest BCUT2D eigenvalue weighted by Crippen LogP contribution is -2.38. The Bertz CT molecular complexity index is 972. The molecule has 8 nitrogen and oxygen atoms in total. The van der Waals surface area contributed by atoms with Crippen molar-refractivity contribution in [3.05, 3.63) is 59.5 Å². The number of anilines is 1. The molecule has 3 rings (SSSR count). The Hall–Kier alpha value is -3.88. The normalized spacial score (nSPS) is 14.9. The number of aromatic hydroxyl groups is 1. The third kappa shape index (κ3) is 4.09. The number of phenolic OH excluding ortho intramolecular Hbond substituents is 1. The van der Waals surface area contributed by atoms with Gasteiger partial charge in [-0.1, -0.05) is 6.07 Å². The first kappa shape index (κ1) is 18.9. The maximum absolute atomic E-state index is 12.9. The predicted molar refractivity (Wildman–Crippen MR) is 97.9 cm³/mol. The molecule has 1 aliphatic rings. The third-order valence-corrected chi connectivity index (χ3v) is 3.91. The molecule has 1 fully saturated rings. The topological polar surface area (TPSA) is 108 Å². The molecule has 28 heavy (non-hydrogen) atoms. The molecule has 2 aromatic rings. The minimum absolute atomic E-state index is 0.0210. The zero-order valence-corrected chi connectivity index (χ0v) is 14.7. The zero-order chi connectivity index (χ0) is 20.3. The van der Waals surface area contributed by atoms with E-state index in [2.05, 4.69) is 10.6 Å². The minimum Gasteiger partial charge on any atom is -0.504 e. The number of ether oxygens (including phenoxy) is 1. The molecule has 0 unspecified atom stereocenters. The van der Waals surface area contributed by atoms with Gasteiger partial charge in [-0.2, -0.15) is 0 Å². The standard InChI is InChI=1S/C19H16FN3O5/c1-28-16-9-11(2-7-15(16)24)8-14-18(26)23(19(27)22-14)10-17(25)21-13-5-3-12(20)4-6-13/h2-9,24H,10H2,1H3,(H,21,25)(H,22,27)/b14-8-. The molecule has 1 aliphatic heterocycles. The molecule has 3 N–H and O–H groups in total. The smallest absolute Gasteiger partial charge is 0.329 e. The number of nitrogens with zero attached hydrogens (tertiary/aromatic N) is 1. The van der Waals surface area contributed by atoms with Crippen molar-refractivity contribution in [1.82, 2.24) is 10.2 Å². The van der Waals surface area contributed by atoms with E-state index in [1.807, 2.05) is 0 Å². The van der Waals surface area contributed by atoms with E-state index in [-0.39, 0.29) is 17.2 Å². The molecule has 0 saturated carbocycles. The molecule has 0 aliphatic carbocycles. The molecule has 144 valence electrons. The Labute approximate surface area is 159 Å². The number of imide groups is 1. The SMILES string of the molecule is COc1cc(/C=C2\NC(=O)N(CC(=O)Nc3ccc(F)cc3)C2=O)ccc1O. The molecular weight excluding hydrogens is 369 g/mol. The lowest BCUT2D eigenvalue weighted by molar-refractivity contribution is -0.127. The highest BCUT2D eigenvalue weighted by molar-refractivity contribution is 6.15. The summed E-state index contributed by atoms with van der Waals surface area (Å²) in [7, 11) is 1.38. The lowest BCUT2D eigenvalue weighted by atomic mass is 10.1. The molecule has 0 bridgehead atoms. The Morgan fingerprint density at radius 2 is 1.96 bits per heavy atom. The van der Waals surface area contributed by atoms with E-state index in [0.29, 0.717) is 11.3 Å². The Morgan fingerprint density at radius 1 is 1.25 bits per heavy atom. The predicted octanol–water partition coefficient (Wildman–Crippen LogP) is 2.07. The number of benzene rings is 2. The number of hydrogen-bond acceptors (Lipinski definition) is 5. The number of halogens is 1. The number of carbonyl (C=O) groups excluding carboxylic acids is 3. The van der Waals surface area contributed by atoms with Gasteiger partial charge in [-0.05, 0) is 48.0 Å². The van der Waals surface area contributed by atoms with Crippen LogP contribution >= 0.6 is 0 Å². The molecule has 9 heteroatoms. The minimum atomic E-state index is -0.740. The van der Waals surface area contributed by atoms with Crippen molar-refractivity contribution in [2.75, 3.05) is 19.0 Å². The Morgan fingerprint density at radius 3 is 2.64 bits per heavy atom. The average Bonchev–Trinajstić information content (AvgIpc) is 2.92. The van der Waals surface area contributed by atoms with Crippen LogP contribution in [0.15, 0.2) is 48.2 Å². The van der Waals surface area contributed by atoms with Gasteiger partial charge in [0, 0.05) is 5.69 Å². The average molecular weight is 385 g/mol. The van der Waals surface area contributed by atoms with E-state index < -0.39 is 30.2 Å². The third-order valence-electron chi connectivity index (χ3n) is 3.91. The summed E-state index contributed by atoms with van der Waals surface area (Å²) < 4.78 is 17.9. The molecule has 0 aromatic heterocycles. The van der Waals surface area contributed by atoms with Crippen LogP contribution in [0.2, 0.25) is 0 Å². The fourth-order valence-corrected chi connectivity index (χ4v) is 2.54. The van der Waals surface area contributed by atoms with Gasteiger partial charge in [-0.25, -0.2) is 14.1 Å². The van der Waals surface area contributed by atoms with Gasteiger partial charge in [0.25, 0.3) is 5.91 Å². The number of urea groups is 1. The van der Waals surface area contributed by atoms with Gasteiger partial charge in [-0.3, -0.25) is 9.59 Å². The zero-order valence-electron chi connectivity index (χ0n) is 14.7. The van der Waals surface area contributed by atoms with Crippen LogP contribution in [0.4, 0.5) is 14.9 Å². The van der Waals surface area contributed by atoms with Crippen LogP contribution in [-0.2, 0) is 9.59 Å². The van der Waals surface area contributed by atoms with Crippen LogP contribution in [0.25, 0.3) is 6.08 Å². The van der Waals surface area contributed by atoms with E-state index in [1.54, 1.807) is 0 Å². The van der Waals surface area contributed by atoms with Crippen molar-refractivity contribution in [1.29, 1.82) is 0 Å². The summed E-state index contributed by atoms with van der Waals surface area (Å²) in [6.45, 7) is -0.502. The van der Waals surface area contributed by atoms with E-state index in [9.17, 15) is 23.9 Å². The van der Waals surface area contributed by atoms with Crippen molar-refractivity contribution >= 4 is 29.6 Å². The Balaban J connectivity index is 1.70. The van der Waals surface area contributed by atoms with Gasteiger partial charge in [0.15, 0.2) is 11.5 Å². The maximum Gasteiger partial charge on any atom is 0.329 e. The van der Waals surface area contributed by atoms with Gasteiger partial charge >= 0.3 is 6.03 Å². The van der Waals surface area contributed by atoms with Crippen molar-refractivity contribution in [2.45, 2.75) is 0 Å². The lowest BCUT2D eigenvalue weighted by Gasteiger charge is -2.11. The number of carbonyl (C=O) groups is 3. The molecule has 0 radical (unpaired) electrons. The van der Waals surface area contributed by atoms with Gasteiger partial charge in [-0.15, -0.1) is 0 Å². The highest BCUT2D eigenvalue weighted by atomic mass is 19.1. The monoisotopic (exact) mass is 385 g/mol. The number of nitrogens with one attached hydrogen (secondary N) is 2. The summed E-state index contributed by atoms with van der Waals surface area (Å²) in [5, 5.41) is 14.5. The van der Waals surface area contributed by atoms with Crippen LogP contribution in [-0.4, -0.2) is 41.5 Å². The first-order valence-electron chi connectivity index (χ1n) is 8.14. The maximum atomic E-state index is 12.9. The van der Waals surface area contributed by atoms with E-state index >= 15 is 0 Å². The van der Waals surface area contributed by atoms with E-state index in [4.69, 9.17) is 4.74 Å². The Kier molecular flexibility index (Phi) is 5.25. The van der Waals surface area contributed by atoms with Crippen molar-refractivity contribution in [2.24, 2.45) is 0 Å². The number of phenols is 1. The van der Waals surface area contributed by atoms with Gasteiger partial charge < -0.3 is 20.5 Å². The van der Waals surface area contributed by atoms with Crippen molar-refractivity contribution < 1.29 is 28.6 Å². The quantitative estimate of drug-likeness (QED) is 0.539. The molecule has 2 aromatic carbocycles. The van der Waals surface area contributed by atoms with Gasteiger partial charge in [0.05, 0.1) is 7.11 Å². The molecule has 1 heterocycles. The second-order valence-electron chi connectivity index (χ2n) is 5.87. The van der Waals surface area contributed by atoms with E-state index in [1.165, 1.54) is 55.7 Å². The van der Waals surface area contributed by atoms with Crippen molar-refractivity contribution in [3.8, 4) is 11.5 Å². The number of hydrogen-bond donors (Lipinski definition) is 3. The van der Waals surface area contributed by atoms with Crippen LogP contribution in [0.1, 0.15) is 5.56 Å².